The van der Waals surface area contributed by atoms with E-state index in [1.54, 1.807) is 0 Å². The molecular weight excluding hydrogens is 159 g/mol. The second kappa shape index (κ2) is 3.64. The zero-order valence-electron chi connectivity index (χ0n) is 9.38. The highest BCUT2D eigenvalue weighted by Crippen LogP contribution is 2.30. The van der Waals surface area contributed by atoms with E-state index in [4.69, 9.17) is 9.16 Å². The molecule has 0 heterocycles. The van der Waals surface area contributed by atoms with Crippen molar-refractivity contribution < 1.29 is 2.74 Å². The van der Waals surface area contributed by atoms with E-state index < -0.39 is 6.50 Å². The van der Waals surface area contributed by atoms with Crippen molar-refractivity contribution in [1.29, 1.82) is 0 Å². The van der Waals surface area contributed by atoms with Crippen LogP contribution in [0.5, 0.6) is 0 Å². The molecule has 0 amide bonds. The lowest BCUT2D eigenvalue weighted by atomic mass is 10.1. The topological polar surface area (TPSA) is 12.0 Å². The smallest absolute Gasteiger partial charge is 0.0578 e. The van der Waals surface area contributed by atoms with Crippen LogP contribution in [0.15, 0.2) is 24.3 Å². The third-order valence-corrected chi connectivity index (χ3v) is 2.45. The molecular formula is C12H13N. The van der Waals surface area contributed by atoms with E-state index in [0.717, 1.165) is 12.8 Å². The summed E-state index contributed by atoms with van der Waals surface area (Å²) in [6.07, 6.45) is 7.03. The minimum absolute atomic E-state index is 0.0484. The van der Waals surface area contributed by atoms with Crippen molar-refractivity contribution in [3.8, 4) is 12.3 Å². The summed E-state index contributed by atoms with van der Waals surface area (Å²) in [5, 5.41) is 2.86. The molecule has 13 heavy (non-hydrogen) atoms. The lowest BCUT2D eigenvalue weighted by Gasteiger charge is -2.10. The molecule has 0 bridgehead atoms. The van der Waals surface area contributed by atoms with Crippen LogP contribution < -0.4 is 5.32 Å². The molecule has 1 atom stereocenters. The highest BCUT2D eigenvalue weighted by atomic mass is 15.0. The normalized spacial score (nSPS) is 22.8. The highest BCUT2D eigenvalue weighted by Gasteiger charge is 2.20. The first kappa shape index (κ1) is 6.23. The van der Waals surface area contributed by atoms with Gasteiger partial charge in [0, 0.05) is 6.04 Å². The molecule has 0 radical (unpaired) electrons. The Balaban J connectivity index is 2.19. The van der Waals surface area contributed by atoms with Gasteiger partial charge in [0.15, 0.2) is 0 Å². The monoisotopic (exact) mass is 174 g/mol. The van der Waals surface area contributed by atoms with Crippen LogP contribution >= 0.6 is 0 Å². The Hall–Kier alpha value is -1.26. The van der Waals surface area contributed by atoms with Crippen molar-refractivity contribution in [1.82, 2.24) is 5.32 Å². The van der Waals surface area contributed by atoms with Crippen molar-refractivity contribution in [2.75, 3.05) is 6.50 Å². The maximum Gasteiger partial charge on any atom is 0.0578 e. The van der Waals surface area contributed by atoms with E-state index >= 15 is 0 Å². The van der Waals surface area contributed by atoms with Gasteiger partial charge in [0.05, 0.1) is 9.24 Å². The van der Waals surface area contributed by atoms with Gasteiger partial charge in [0.25, 0.3) is 0 Å². The van der Waals surface area contributed by atoms with Gasteiger partial charge in [-0.05, 0) is 24.0 Å². The molecule has 1 heteroatoms. The van der Waals surface area contributed by atoms with E-state index in [-0.39, 0.29) is 6.04 Å². The summed E-state index contributed by atoms with van der Waals surface area (Å²) in [4.78, 5) is 0. The summed E-state index contributed by atoms with van der Waals surface area (Å²) < 4.78 is 15.0. The molecule has 1 aromatic carbocycles. The second-order valence-corrected chi connectivity index (χ2v) is 3.20. The molecule has 0 fully saturated rings. The Labute approximate surface area is 82.0 Å². The first-order chi connectivity index (χ1) is 7.12. The molecule has 1 aliphatic rings. The van der Waals surface area contributed by atoms with Crippen molar-refractivity contribution in [3.63, 3.8) is 0 Å². The number of rotatable bonds is 2. The summed E-state index contributed by atoms with van der Waals surface area (Å²) in [7, 11) is 0. The molecule has 0 spiro atoms. The zero-order valence-corrected chi connectivity index (χ0v) is 7.38. The van der Waals surface area contributed by atoms with Crippen LogP contribution in [0.25, 0.3) is 0 Å². The largest absolute Gasteiger partial charge is 0.299 e. The van der Waals surface area contributed by atoms with Gasteiger partial charge in [-0.1, -0.05) is 30.2 Å². The predicted molar refractivity (Wildman–Crippen MR) is 54.3 cm³/mol. The highest BCUT2D eigenvalue weighted by molar-refractivity contribution is 5.34. The molecule has 0 aliphatic heterocycles. The van der Waals surface area contributed by atoms with Crippen LogP contribution in [0.3, 0.4) is 0 Å². The summed E-state index contributed by atoms with van der Waals surface area (Å²) in [6.45, 7) is -1.72. The molecule has 1 nitrogen and oxygen atoms in total. The Morgan fingerprint density at radius 1 is 1.62 bits per heavy atom. The van der Waals surface area contributed by atoms with Crippen LogP contribution in [0.4, 0.5) is 0 Å². The van der Waals surface area contributed by atoms with Crippen molar-refractivity contribution in [3.05, 3.63) is 35.4 Å². The predicted octanol–water partition coefficient (Wildman–Crippen LogP) is 1.90. The number of aryl methyl sites for hydroxylation is 1. The van der Waals surface area contributed by atoms with Crippen molar-refractivity contribution >= 4 is 0 Å². The maximum absolute atomic E-state index is 7.50. The first-order valence-corrected chi connectivity index (χ1v) is 4.46. The molecule has 2 rings (SSSR count). The van der Waals surface area contributed by atoms with Gasteiger partial charge < -0.3 is 0 Å². The van der Waals surface area contributed by atoms with Crippen LogP contribution in [0.2, 0.25) is 0 Å². The molecule has 0 unspecified atom stereocenters. The number of hydrogen-bond donors (Lipinski definition) is 1. The Bertz CT molecular complexity index is 406. The van der Waals surface area contributed by atoms with Gasteiger partial charge in [0.1, 0.15) is 0 Å². The number of benzene rings is 1. The fourth-order valence-electron chi connectivity index (χ4n) is 1.84. The number of fused-ring (bicyclic) bond motifs is 1. The quantitative estimate of drug-likeness (QED) is 0.533. The lowest BCUT2D eigenvalue weighted by Crippen LogP contribution is -2.19. The number of terminal acetylenes is 1. The van der Waals surface area contributed by atoms with Gasteiger partial charge in [-0.15, -0.1) is 6.42 Å². The van der Waals surface area contributed by atoms with Crippen LogP contribution in [-0.2, 0) is 6.42 Å². The molecule has 1 aromatic rings. The summed E-state index contributed by atoms with van der Waals surface area (Å²) in [6, 6.07) is 8.16. The molecule has 66 valence electrons. The van der Waals surface area contributed by atoms with Gasteiger partial charge in [-0.25, -0.2) is 0 Å². The third kappa shape index (κ3) is 1.59. The summed E-state index contributed by atoms with van der Waals surface area (Å²) in [5.41, 5.74) is 2.47. The van der Waals surface area contributed by atoms with Gasteiger partial charge >= 0.3 is 0 Å². The zero-order chi connectivity index (χ0) is 10.9. The van der Waals surface area contributed by atoms with Crippen molar-refractivity contribution in [2.24, 2.45) is 0 Å². The molecule has 0 saturated carbocycles. The molecule has 0 aromatic heterocycles. The fourth-order valence-corrected chi connectivity index (χ4v) is 1.84. The average Bonchev–Trinajstić information content (AvgIpc) is 2.62. The lowest BCUT2D eigenvalue weighted by molar-refractivity contribution is 0.568. The Kier molecular flexibility index (Phi) is 1.74. The van der Waals surface area contributed by atoms with Gasteiger partial charge in [0.2, 0.25) is 0 Å². The Morgan fingerprint density at radius 3 is 3.31 bits per heavy atom. The molecule has 1 aliphatic carbocycles. The maximum atomic E-state index is 7.50. The van der Waals surface area contributed by atoms with E-state index in [0.29, 0.717) is 0 Å². The minimum Gasteiger partial charge on any atom is -0.299 e. The van der Waals surface area contributed by atoms with E-state index in [2.05, 4.69) is 17.3 Å². The van der Waals surface area contributed by atoms with E-state index in [1.807, 2.05) is 18.2 Å². The minimum atomic E-state index is -1.72. The summed E-state index contributed by atoms with van der Waals surface area (Å²) in [5.74, 6) is 2.12. The van der Waals surface area contributed by atoms with E-state index in [9.17, 15) is 0 Å². The number of nitrogens with one attached hydrogen (secondary N) is 1. The average molecular weight is 174 g/mol. The molecule has 1 N–H and O–H groups in total. The van der Waals surface area contributed by atoms with Crippen LogP contribution in [0.1, 0.15) is 26.3 Å². The Morgan fingerprint density at radius 2 is 2.46 bits per heavy atom. The summed E-state index contributed by atoms with van der Waals surface area (Å²) >= 11 is 0. The van der Waals surface area contributed by atoms with Gasteiger partial charge in [-0.2, -0.15) is 0 Å². The number of hydrogen-bond acceptors (Lipinski definition) is 1. The molecule has 0 saturated heterocycles. The second-order valence-electron chi connectivity index (χ2n) is 3.20. The third-order valence-electron chi connectivity index (χ3n) is 2.45. The van der Waals surface area contributed by atoms with Crippen molar-refractivity contribution in [2.45, 2.75) is 18.9 Å². The first-order valence-electron chi connectivity index (χ1n) is 5.46. The van der Waals surface area contributed by atoms with E-state index in [1.165, 1.54) is 11.1 Å². The fraction of sp³-hybridized carbons (Fsp3) is 0.333. The van der Waals surface area contributed by atoms with Crippen LogP contribution in [-0.4, -0.2) is 6.50 Å². The standard InChI is InChI=1S/C12H13N/c1-2-9-13-12-8-7-10-5-3-4-6-11(10)12/h1,3-6,12-13H,7-9H2/t12-/m1/s1/i9+1D2. The van der Waals surface area contributed by atoms with Gasteiger partial charge in [-0.3, -0.25) is 5.32 Å². The SMILES string of the molecule is [2H][13C]([2H])(C#C)N[C@@H]1CCc2ccccc21. The van der Waals surface area contributed by atoms with Crippen LogP contribution in [0, 0.1) is 12.3 Å².